The zero-order valence-corrected chi connectivity index (χ0v) is 54.2. The number of fused-ring (bicyclic) bond motifs is 2. The number of pyridine rings is 4. The van der Waals surface area contributed by atoms with Gasteiger partial charge in [0.2, 0.25) is 11.9 Å². The SMILES string of the molecule is CC(=O)c1cc(Br)cc(C(C)=O)n1.CC(=O)c1cc(Nc2ncc3cc(-c4c(Cl)cccc4Cl)c(=O)n(C)c3n2)cc(C(C)=O)n1.Cn1c(=O)c(-c2c(Cl)cccc2Cl)cc2cnc(N)nc21.O.O.[Ac].[Ac].[Pd]. The molecule has 72 heavy (non-hydrogen) atoms. The molecule has 6 heterocycles. The summed E-state index contributed by atoms with van der Waals surface area (Å²) in [6.45, 7) is 5.56. The maximum atomic E-state index is 13.1. The van der Waals surface area contributed by atoms with Crippen molar-refractivity contribution in [3.8, 4) is 22.3 Å². The number of Topliss-reactive ketones (excluding diaryl/α,β-unsaturated/α-hetero) is 4. The molecule has 26 heteroatoms. The smallest absolute Gasteiger partial charge is 0.259 e. The molecular formula is C46H39Ac2BrCl4N10O8Pd. The van der Waals surface area contributed by atoms with Crippen molar-refractivity contribution in [2.75, 3.05) is 11.1 Å². The molecule has 18 nitrogen and oxygen atoms in total. The Labute approximate surface area is 524 Å². The zero-order chi connectivity index (χ0) is 49.0. The van der Waals surface area contributed by atoms with Crippen LogP contribution in [0.25, 0.3) is 44.3 Å². The molecule has 0 bridgehead atoms. The van der Waals surface area contributed by atoms with E-state index in [0.29, 0.717) is 86.0 Å². The Morgan fingerprint density at radius 3 is 1.29 bits per heavy atom. The normalized spacial score (nSPS) is 9.99. The van der Waals surface area contributed by atoms with Crippen molar-refractivity contribution in [1.29, 1.82) is 0 Å². The van der Waals surface area contributed by atoms with Gasteiger partial charge in [0.1, 0.15) is 34.1 Å². The first-order valence-electron chi connectivity index (χ1n) is 19.5. The van der Waals surface area contributed by atoms with Gasteiger partial charge in [0.15, 0.2) is 23.1 Å². The second kappa shape index (κ2) is 29.1. The fourth-order valence-electron chi connectivity index (χ4n) is 6.39. The van der Waals surface area contributed by atoms with E-state index in [1.807, 2.05) is 0 Å². The van der Waals surface area contributed by atoms with E-state index >= 15 is 0 Å². The van der Waals surface area contributed by atoms with E-state index < -0.39 is 0 Å². The van der Waals surface area contributed by atoms with Crippen molar-refractivity contribution in [3.05, 3.63) is 153 Å². The van der Waals surface area contributed by atoms with Gasteiger partial charge in [-0.3, -0.25) is 37.9 Å². The Morgan fingerprint density at radius 1 is 0.569 bits per heavy atom. The van der Waals surface area contributed by atoms with Crippen molar-refractivity contribution in [3.63, 3.8) is 0 Å². The number of nitrogens with zero attached hydrogens (tertiary/aromatic N) is 8. The molecule has 0 atom stereocenters. The average molecular weight is 1640 g/mol. The van der Waals surface area contributed by atoms with E-state index in [9.17, 15) is 28.8 Å². The van der Waals surface area contributed by atoms with Crippen LogP contribution >= 0.6 is 62.3 Å². The molecule has 0 fully saturated rings. The summed E-state index contributed by atoms with van der Waals surface area (Å²) in [6, 6.07) is 19.6. The second-order valence-corrected chi connectivity index (χ2v) is 17.1. The predicted octanol–water partition coefficient (Wildman–Crippen LogP) is 8.33. The third-order valence-corrected chi connectivity index (χ3v) is 11.4. The number of benzene rings is 2. The maximum absolute atomic E-state index is 13.1. The number of aryl methyl sites for hydroxylation is 2. The van der Waals surface area contributed by atoms with E-state index in [2.05, 4.69) is 51.2 Å². The average Bonchev–Trinajstić information content (AvgIpc) is 3.27. The summed E-state index contributed by atoms with van der Waals surface area (Å²) in [5, 5.41) is 5.79. The van der Waals surface area contributed by atoms with E-state index in [-0.39, 0.29) is 177 Å². The predicted molar refractivity (Wildman–Crippen MR) is 272 cm³/mol. The number of ketones is 4. The molecular weight excluding hydrogens is 1600 g/mol. The third kappa shape index (κ3) is 15.9. The van der Waals surface area contributed by atoms with E-state index in [4.69, 9.17) is 52.1 Å². The molecule has 2 aromatic carbocycles. The summed E-state index contributed by atoms with van der Waals surface area (Å²) in [5.74, 6) is -0.577. The summed E-state index contributed by atoms with van der Waals surface area (Å²) in [5.41, 5.74) is 8.78. The van der Waals surface area contributed by atoms with Crippen LogP contribution in [-0.2, 0) is 34.5 Å². The van der Waals surface area contributed by atoms with Crippen molar-refractivity contribution >= 4 is 125 Å². The number of nitrogen functional groups attached to an aromatic ring is 1. The van der Waals surface area contributed by atoms with Gasteiger partial charge in [-0.15, -0.1) is 0 Å². The van der Waals surface area contributed by atoms with Crippen LogP contribution < -0.4 is 22.2 Å². The van der Waals surface area contributed by atoms with Gasteiger partial charge >= 0.3 is 0 Å². The van der Waals surface area contributed by atoms with Gasteiger partial charge in [0.25, 0.3) is 11.1 Å². The molecule has 0 aliphatic heterocycles. The molecule has 0 aliphatic carbocycles. The molecule has 0 saturated heterocycles. The van der Waals surface area contributed by atoms with Crippen molar-refractivity contribution in [2.24, 2.45) is 14.1 Å². The third-order valence-electron chi connectivity index (χ3n) is 9.69. The van der Waals surface area contributed by atoms with E-state index in [0.717, 1.165) is 0 Å². The first-order chi connectivity index (χ1) is 31.6. The zero-order valence-electron chi connectivity index (χ0n) is 38.5. The van der Waals surface area contributed by atoms with Gasteiger partial charge in [-0.2, -0.15) is 9.97 Å². The molecule has 7 N–H and O–H groups in total. The number of anilines is 3. The Balaban J connectivity index is 0.000000574. The van der Waals surface area contributed by atoms with Gasteiger partial charge < -0.3 is 22.0 Å². The summed E-state index contributed by atoms with van der Waals surface area (Å²) >= 11 is 28.2. The molecule has 0 spiro atoms. The minimum Gasteiger partial charge on any atom is -0.412 e. The van der Waals surface area contributed by atoms with Crippen LogP contribution in [0.3, 0.4) is 0 Å². The number of nitrogens with one attached hydrogen (secondary N) is 1. The largest absolute Gasteiger partial charge is 0.412 e. The Kier molecular flexibility index (Phi) is 27.0. The molecule has 0 saturated carbocycles. The van der Waals surface area contributed by atoms with Gasteiger partial charge in [-0.1, -0.05) is 74.5 Å². The number of hydrogen-bond donors (Lipinski definition) is 2. The Bertz CT molecular complexity index is 3400. The summed E-state index contributed by atoms with van der Waals surface area (Å²) < 4.78 is 3.48. The molecule has 6 aromatic heterocycles. The van der Waals surface area contributed by atoms with Crippen LogP contribution in [0, 0.1) is 88.1 Å². The maximum Gasteiger partial charge on any atom is 0.259 e. The van der Waals surface area contributed by atoms with Crippen molar-refractivity contribution in [1.82, 2.24) is 39.0 Å². The minimum atomic E-state index is -0.330. The number of carbonyl (C=O) groups is 4. The van der Waals surface area contributed by atoms with E-state index in [1.54, 1.807) is 87.2 Å². The van der Waals surface area contributed by atoms with Crippen LogP contribution in [0.2, 0.25) is 20.1 Å². The number of aromatic nitrogens is 8. The van der Waals surface area contributed by atoms with Crippen LogP contribution in [0.4, 0.5) is 17.6 Å². The summed E-state index contributed by atoms with van der Waals surface area (Å²) in [6.07, 6.45) is 3.11. The standard InChI is InChI=1S/C23H17Cl2N5O3.C14H10Cl2N4O.C9H8BrNO2.2Ac.2H2O.Pd/c1-11(31)18-8-14(9-19(28-18)12(2)32)27-23-26-10-13-7-15(22(33)30(3)21(13)29-23)20-16(24)5-4-6-17(20)25;1-20-12-7(6-18-14(17)19-12)5-8(13(20)21)11-9(15)3-2-4-10(11)16;1-5(12)8-3-7(10)4-9(11-8)6(2)13;;;;;/h4-10H,1-3H3,(H,26,27,28,29);2-6H,1H3,(H2,17,18,19);3-4H,1-2H3;;;2*1H2;. The molecule has 372 valence electrons. The monoisotopic (exact) mass is 1640 g/mol. The summed E-state index contributed by atoms with van der Waals surface area (Å²) in [7, 11) is 3.20. The topological polar surface area (TPSA) is 291 Å². The summed E-state index contributed by atoms with van der Waals surface area (Å²) in [4.78, 5) is 95.9. The number of rotatable bonds is 8. The Hall–Kier alpha value is -3.29. The first-order valence-corrected chi connectivity index (χ1v) is 21.8. The van der Waals surface area contributed by atoms with Crippen LogP contribution in [0.15, 0.2) is 99.3 Å². The van der Waals surface area contributed by atoms with Crippen LogP contribution in [0.1, 0.15) is 69.6 Å². The molecule has 8 rings (SSSR count). The van der Waals surface area contributed by atoms with Gasteiger partial charge in [-0.25, -0.2) is 19.9 Å². The minimum absolute atomic E-state index is 0. The van der Waals surface area contributed by atoms with Crippen molar-refractivity contribution in [2.45, 2.75) is 27.7 Å². The number of carbonyl (C=O) groups excluding carboxylic acids is 4. The van der Waals surface area contributed by atoms with Gasteiger partial charge in [0, 0.05) is 195 Å². The van der Waals surface area contributed by atoms with Crippen LogP contribution in [-0.4, -0.2) is 73.1 Å². The molecule has 2 radical (unpaired) electrons. The quantitative estimate of drug-likeness (QED) is 0.107. The molecule has 0 unspecified atom stereocenters. The van der Waals surface area contributed by atoms with Crippen LogP contribution in [0.5, 0.6) is 0 Å². The van der Waals surface area contributed by atoms with Gasteiger partial charge in [-0.05, 0) is 60.7 Å². The van der Waals surface area contributed by atoms with E-state index in [1.165, 1.54) is 49.0 Å². The number of nitrogens with two attached hydrogens (primary N) is 1. The fourth-order valence-corrected chi connectivity index (χ4v) is 8.02. The second-order valence-electron chi connectivity index (χ2n) is 14.5. The van der Waals surface area contributed by atoms with Crippen molar-refractivity contribution < 1.29 is 139 Å². The molecule has 8 aromatic rings. The number of halogens is 5. The fraction of sp³-hybridized carbons (Fsp3) is 0.130. The van der Waals surface area contributed by atoms with Gasteiger partial charge in [0.05, 0.1) is 31.2 Å². The molecule has 0 amide bonds. The Morgan fingerprint density at radius 2 is 0.917 bits per heavy atom. The first kappa shape index (κ1) is 66.7. The molecule has 0 aliphatic rings. The number of hydrogen-bond acceptors (Lipinski definition) is 14.